The van der Waals surface area contributed by atoms with Gasteiger partial charge in [-0.25, -0.2) is 0 Å². The highest BCUT2D eigenvalue weighted by Crippen LogP contribution is 2.18. The molecule has 0 radical (unpaired) electrons. The standard InChI is InChI=1S/C23H24N2O2S/c1-18(28-17-20-7-3-2-4-8-20)23(26)25-15-19-10-12-22(13-11-19)27-16-21-9-5-6-14-24-21/h2-14,18H,15-17H2,1H3,(H,25,26). The summed E-state index contributed by atoms with van der Waals surface area (Å²) in [5.41, 5.74) is 3.16. The van der Waals surface area contributed by atoms with Gasteiger partial charge in [-0.05, 0) is 42.3 Å². The maximum Gasteiger partial charge on any atom is 0.233 e. The van der Waals surface area contributed by atoms with Crippen molar-refractivity contribution in [2.24, 2.45) is 0 Å². The zero-order valence-electron chi connectivity index (χ0n) is 15.9. The molecule has 0 saturated heterocycles. The molecule has 1 atom stereocenters. The third-order valence-corrected chi connectivity index (χ3v) is 5.43. The fourth-order valence-electron chi connectivity index (χ4n) is 2.55. The van der Waals surface area contributed by atoms with Crippen molar-refractivity contribution in [1.82, 2.24) is 10.3 Å². The minimum atomic E-state index is -0.0961. The van der Waals surface area contributed by atoms with Crippen molar-refractivity contribution in [2.45, 2.75) is 31.1 Å². The molecule has 1 unspecified atom stereocenters. The van der Waals surface area contributed by atoms with Crippen molar-refractivity contribution in [2.75, 3.05) is 0 Å². The Balaban J connectivity index is 1.40. The number of hydrogen-bond acceptors (Lipinski definition) is 4. The molecular formula is C23H24N2O2S. The topological polar surface area (TPSA) is 51.2 Å². The molecule has 1 heterocycles. The zero-order chi connectivity index (χ0) is 19.6. The van der Waals surface area contributed by atoms with Crippen molar-refractivity contribution in [1.29, 1.82) is 0 Å². The number of carbonyl (C=O) groups excluding carboxylic acids is 1. The van der Waals surface area contributed by atoms with Gasteiger partial charge in [-0.1, -0.05) is 48.5 Å². The molecule has 1 N–H and O–H groups in total. The second-order valence-electron chi connectivity index (χ2n) is 6.41. The molecule has 0 aliphatic carbocycles. The number of pyridine rings is 1. The molecule has 2 aromatic carbocycles. The van der Waals surface area contributed by atoms with E-state index in [9.17, 15) is 4.79 Å². The lowest BCUT2D eigenvalue weighted by atomic mass is 10.2. The number of rotatable bonds is 9. The number of nitrogens with one attached hydrogen (secondary N) is 1. The first-order chi connectivity index (χ1) is 13.7. The summed E-state index contributed by atoms with van der Waals surface area (Å²) in [4.78, 5) is 16.5. The molecule has 1 aromatic heterocycles. The molecule has 1 amide bonds. The highest BCUT2D eigenvalue weighted by molar-refractivity contribution is 7.99. The Morgan fingerprint density at radius 1 is 1.00 bits per heavy atom. The van der Waals surface area contributed by atoms with Gasteiger partial charge in [-0.3, -0.25) is 9.78 Å². The highest BCUT2D eigenvalue weighted by atomic mass is 32.2. The van der Waals surface area contributed by atoms with Crippen LogP contribution in [0, 0.1) is 0 Å². The summed E-state index contributed by atoms with van der Waals surface area (Å²) in [6.45, 7) is 2.89. The number of thioether (sulfide) groups is 1. The normalized spacial score (nSPS) is 11.6. The largest absolute Gasteiger partial charge is 0.487 e. The van der Waals surface area contributed by atoms with Crippen LogP contribution in [0.1, 0.15) is 23.7 Å². The number of aromatic nitrogens is 1. The van der Waals surface area contributed by atoms with Crippen LogP contribution in [0.5, 0.6) is 5.75 Å². The van der Waals surface area contributed by atoms with Crippen LogP contribution in [-0.2, 0) is 23.7 Å². The van der Waals surface area contributed by atoms with Crippen molar-refractivity contribution >= 4 is 17.7 Å². The molecule has 0 aliphatic rings. The van der Waals surface area contributed by atoms with Crippen LogP contribution in [0.2, 0.25) is 0 Å². The molecule has 5 heteroatoms. The van der Waals surface area contributed by atoms with Crippen molar-refractivity contribution in [3.8, 4) is 5.75 Å². The summed E-state index contributed by atoms with van der Waals surface area (Å²) < 4.78 is 5.73. The van der Waals surface area contributed by atoms with E-state index in [2.05, 4.69) is 22.4 Å². The van der Waals surface area contributed by atoms with Gasteiger partial charge >= 0.3 is 0 Å². The van der Waals surface area contributed by atoms with E-state index in [1.807, 2.05) is 67.6 Å². The average Bonchev–Trinajstić information content (AvgIpc) is 2.76. The summed E-state index contributed by atoms with van der Waals surface area (Å²) >= 11 is 1.64. The lowest BCUT2D eigenvalue weighted by molar-refractivity contribution is -0.120. The molecule has 0 saturated carbocycles. The first-order valence-corrected chi connectivity index (χ1v) is 10.3. The molecule has 3 rings (SSSR count). The fourth-order valence-corrected chi connectivity index (χ4v) is 3.42. The monoisotopic (exact) mass is 392 g/mol. The lowest BCUT2D eigenvalue weighted by Crippen LogP contribution is -2.30. The van der Waals surface area contributed by atoms with Crippen LogP contribution >= 0.6 is 11.8 Å². The molecular weight excluding hydrogens is 368 g/mol. The minimum Gasteiger partial charge on any atom is -0.487 e. The Labute approximate surface area is 170 Å². The summed E-state index contributed by atoms with van der Waals surface area (Å²) in [7, 11) is 0. The number of carbonyl (C=O) groups is 1. The lowest BCUT2D eigenvalue weighted by Gasteiger charge is -2.12. The van der Waals surface area contributed by atoms with Crippen LogP contribution in [0.15, 0.2) is 79.0 Å². The van der Waals surface area contributed by atoms with E-state index < -0.39 is 0 Å². The van der Waals surface area contributed by atoms with E-state index in [-0.39, 0.29) is 11.2 Å². The Bertz CT molecular complexity index is 855. The fraction of sp³-hybridized carbons (Fsp3) is 0.217. The van der Waals surface area contributed by atoms with E-state index in [0.717, 1.165) is 22.8 Å². The number of hydrogen-bond donors (Lipinski definition) is 1. The Morgan fingerprint density at radius 3 is 2.46 bits per heavy atom. The molecule has 4 nitrogen and oxygen atoms in total. The van der Waals surface area contributed by atoms with Gasteiger partial charge in [0, 0.05) is 18.5 Å². The van der Waals surface area contributed by atoms with E-state index in [0.29, 0.717) is 13.2 Å². The summed E-state index contributed by atoms with van der Waals surface area (Å²) in [6.07, 6.45) is 1.75. The molecule has 28 heavy (non-hydrogen) atoms. The molecule has 0 aliphatic heterocycles. The third-order valence-electron chi connectivity index (χ3n) is 4.22. The first-order valence-electron chi connectivity index (χ1n) is 9.25. The second kappa shape index (κ2) is 10.5. The highest BCUT2D eigenvalue weighted by Gasteiger charge is 2.13. The van der Waals surface area contributed by atoms with Gasteiger partial charge in [0.25, 0.3) is 0 Å². The Morgan fingerprint density at radius 2 is 1.75 bits per heavy atom. The van der Waals surface area contributed by atoms with E-state index >= 15 is 0 Å². The van der Waals surface area contributed by atoms with Crippen LogP contribution < -0.4 is 10.1 Å². The van der Waals surface area contributed by atoms with Crippen LogP contribution in [0.4, 0.5) is 0 Å². The van der Waals surface area contributed by atoms with E-state index in [4.69, 9.17) is 4.74 Å². The predicted molar refractivity (Wildman–Crippen MR) is 114 cm³/mol. The number of ether oxygens (including phenoxy) is 1. The van der Waals surface area contributed by atoms with Gasteiger partial charge in [-0.15, -0.1) is 11.8 Å². The van der Waals surface area contributed by atoms with Crippen LogP contribution in [0.3, 0.4) is 0 Å². The van der Waals surface area contributed by atoms with E-state index in [1.165, 1.54) is 5.56 Å². The number of amides is 1. The van der Waals surface area contributed by atoms with Crippen LogP contribution in [0.25, 0.3) is 0 Å². The van der Waals surface area contributed by atoms with Crippen molar-refractivity contribution in [3.05, 3.63) is 95.8 Å². The van der Waals surface area contributed by atoms with Gasteiger partial charge in [0.05, 0.1) is 10.9 Å². The summed E-state index contributed by atoms with van der Waals surface area (Å²) in [5, 5.41) is 2.91. The number of benzene rings is 2. The first kappa shape index (κ1) is 20.0. The molecule has 0 spiro atoms. The Kier molecular flexibility index (Phi) is 7.50. The smallest absolute Gasteiger partial charge is 0.233 e. The van der Waals surface area contributed by atoms with Crippen molar-refractivity contribution in [3.63, 3.8) is 0 Å². The SMILES string of the molecule is CC(SCc1ccccc1)C(=O)NCc1ccc(OCc2ccccn2)cc1. The molecule has 144 valence electrons. The number of nitrogens with zero attached hydrogens (tertiary/aromatic N) is 1. The molecule has 0 fully saturated rings. The Hall–Kier alpha value is -2.79. The second-order valence-corrected chi connectivity index (χ2v) is 7.74. The maximum atomic E-state index is 12.3. The van der Waals surface area contributed by atoms with Gasteiger partial charge in [-0.2, -0.15) is 0 Å². The average molecular weight is 393 g/mol. The summed E-state index contributed by atoms with van der Waals surface area (Å²) in [6, 6.07) is 23.7. The van der Waals surface area contributed by atoms with Crippen molar-refractivity contribution < 1.29 is 9.53 Å². The zero-order valence-corrected chi connectivity index (χ0v) is 16.7. The van der Waals surface area contributed by atoms with Gasteiger partial charge in [0.2, 0.25) is 5.91 Å². The van der Waals surface area contributed by atoms with Gasteiger partial charge in [0.1, 0.15) is 12.4 Å². The predicted octanol–water partition coefficient (Wildman–Crippen LogP) is 4.60. The molecule has 3 aromatic rings. The third kappa shape index (κ3) is 6.43. The minimum absolute atomic E-state index is 0.0522. The summed E-state index contributed by atoms with van der Waals surface area (Å²) in [5.74, 6) is 1.67. The molecule has 0 bridgehead atoms. The van der Waals surface area contributed by atoms with E-state index in [1.54, 1.807) is 18.0 Å². The maximum absolute atomic E-state index is 12.3. The van der Waals surface area contributed by atoms with Crippen LogP contribution in [-0.4, -0.2) is 16.1 Å². The quantitative estimate of drug-likeness (QED) is 0.578. The van der Waals surface area contributed by atoms with Gasteiger partial charge in [0.15, 0.2) is 0 Å². The van der Waals surface area contributed by atoms with Gasteiger partial charge < -0.3 is 10.1 Å².